The summed E-state index contributed by atoms with van der Waals surface area (Å²) in [6.07, 6.45) is 0.477. The van der Waals surface area contributed by atoms with Gasteiger partial charge in [-0.05, 0) is 41.5 Å². The van der Waals surface area contributed by atoms with Crippen molar-refractivity contribution >= 4 is 5.91 Å². The smallest absolute Gasteiger partial charge is 0.224 e. The van der Waals surface area contributed by atoms with E-state index in [1.54, 1.807) is 0 Å². The minimum Gasteiger partial charge on any atom is -0.375 e. The standard InChI is InChI=1S/C17H34N2O3/c1-16(2,3)21-13-7-15(20)19-10-8-18(9-11-19)12-14-22-17(4,5)6/h7-14H2,1-6H3. The van der Waals surface area contributed by atoms with Gasteiger partial charge in [0.25, 0.3) is 0 Å². The highest BCUT2D eigenvalue weighted by molar-refractivity contribution is 5.76. The van der Waals surface area contributed by atoms with Crippen LogP contribution in [-0.4, -0.2) is 72.8 Å². The molecule has 1 heterocycles. The van der Waals surface area contributed by atoms with E-state index in [0.717, 1.165) is 39.3 Å². The summed E-state index contributed by atoms with van der Waals surface area (Å²) in [5.41, 5.74) is -0.253. The molecule has 1 fully saturated rings. The third-order valence-electron chi connectivity index (χ3n) is 3.52. The molecule has 1 rings (SSSR count). The summed E-state index contributed by atoms with van der Waals surface area (Å²) >= 11 is 0. The van der Waals surface area contributed by atoms with E-state index in [0.29, 0.717) is 13.0 Å². The van der Waals surface area contributed by atoms with Crippen LogP contribution in [0.5, 0.6) is 0 Å². The molecule has 22 heavy (non-hydrogen) atoms. The molecule has 0 aliphatic carbocycles. The lowest BCUT2D eigenvalue weighted by atomic mass is 10.2. The Morgan fingerprint density at radius 3 is 1.86 bits per heavy atom. The second kappa shape index (κ2) is 8.27. The van der Waals surface area contributed by atoms with Crippen molar-refractivity contribution in [2.24, 2.45) is 0 Å². The molecule has 5 heteroatoms. The molecule has 0 N–H and O–H groups in total. The maximum Gasteiger partial charge on any atom is 0.224 e. The topological polar surface area (TPSA) is 42.0 Å². The first-order valence-electron chi connectivity index (χ1n) is 8.35. The van der Waals surface area contributed by atoms with Crippen LogP contribution in [0.15, 0.2) is 0 Å². The molecule has 1 saturated heterocycles. The summed E-state index contributed by atoms with van der Waals surface area (Å²) in [5.74, 6) is 0.204. The second-order valence-corrected chi connectivity index (χ2v) is 7.89. The van der Waals surface area contributed by atoms with E-state index in [2.05, 4.69) is 25.7 Å². The first-order valence-corrected chi connectivity index (χ1v) is 8.35. The van der Waals surface area contributed by atoms with Crippen molar-refractivity contribution in [1.29, 1.82) is 0 Å². The Labute approximate surface area is 135 Å². The molecule has 0 atom stereocenters. The fraction of sp³-hybridized carbons (Fsp3) is 0.941. The van der Waals surface area contributed by atoms with Gasteiger partial charge in [-0.3, -0.25) is 9.69 Å². The number of nitrogens with zero attached hydrogens (tertiary/aromatic N) is 2. The van der Waals surface area contributed by atoms with Crippen molar-refractivity contribution in [2.45, 2.75) is 59.2 Å². The molecule has 0 unspecified atom stereocenters. The highest BCUT2D eigenvalue weighted by Crippen LogP contribution is 2.10. The van der Waals surface area contributed by atoms with Gasteiger partial charge in [0.1, 0.15) is 0 Å². The molecule has 0 spiro atoms. The summed E-state index contributed by atoms with van der Waals surface area (Å²) in [5, 5.41) is 0. The molecule has 1 aliphatic heterocycles. The van der Waals surface area contributed by atoms with E-state index in [1.165, 1.54) is 0 Å². The van der Waals surface area contributed by atoms with E-state index in [4.69, 9.17) is 9.47 Å². The van der Waals surface area contributed by atoms with Crippen LogP contribution in [0, 0.1) is 0 Å². The Kier molecular flexibility index (Phi) is 7.29. The predicted octanol–water partition coefficient (Wildman–Crippen LogP) is 2.15. The van der Waals surface area contributed by atoms with Crippen LogP contribution in [-0.2, 0) is 14.3 Å². The summed E-state index contributed by atoms with van der Waals surface area (Å²) in [6, 6.07) is 0. The van der Waals surface area contributed by atoms with Gasteiger partial charge in [0.15, 0.2) is 0 Å². The molecule has 0 saturated carbocycles. The van der Waals surface area contributed by atoms with E-state index >= 15 is 0 Å². The van der Waals surface area contributed by atoms with Crippen molar-refractivity contribution < 1.29 is 14.3 Å². The number of rotatable bonds is 6. The summed E-state index contributed by atoms with van der Waals surface area (Å²) in [7, 11) is 0. The Balaban J connectivity index is 2.17. The fourth-order valence-corrected chi connectivity index (χ4v) is 2.30. The number of carbonyl (C=O) groups excluding carboxylic acids is 1. The lowest BCUT2D eigenvalue weighted by Gasteiger charge is -2.35. The summed E-state index contributed by atoms with van der Waals surface area (Å²) in [4.78, 5) is 16.5. The third kappa shape index (κ3) is 8.71. The number of amides is 1. The zero-order chi connectivity index (χ0) is 16.8. The number of piperazine rings is 1. The maximum absolute atomic E-state index is 12.1. The van der Waals surface area contributed by atoms with E-state index in [1.807, 2.05) is 25.7 Å². The molecule has 5 nitrogen and oxygen atoms in total. The number of hydrogen-bond donors (Lipinski definition) is 0. The zero-order valence-corrected chi connectivity index (χ0v) is 15.3. The van der Waals surface area contributed by atoms with Gasteiger partial charge in [-0.15, -0.1) is 0 Å². The molecule has 0 aromatic rings. The summed E-state index contributed by atoms with van der Waals surface area (Å²) in [6.45, 7) is 17.9. The minimum absolute atomic E-state index is 0.0785. The van der Waals surface area contributed by atoms with Crippen molar-refractivity contribution in [2.75, 3.05) is 45.9 Å². The SMILES string of the molecule is CC(C)(C)OCCC(=O)N1CCN(CCOC(C)(C)C)CC1. The number of ether oxygens (including phenoxy) is 2. The molecular formula is C17H34N2O3. The molecule has 1 amide bonds. The molecule has 0 bridgehead atoms. The van der Waals surface area contributed by atoms with Crippen LogP contribution in [0.4, 0.5) is 0 Å². The second-order valence-electron chi connectivity index (χ2n) is 7.89. The van der Waals surface area contributed by atoms with Crippen LogP contribution in [0.1, 0.15) is 48.0 Å². The van der Waals surface area contributed by atoms with Crippen molar-refractivity contribution in [3.05, 3.63) is 0 Å². The van der Waals surface area contributed by atoms with Gasteiger partial charge in [-0.2, -0.15) is 0 Å². The van der Waals surface area contributed by atoms with Gasteiger partial charge in [-0.25, -0.2) is 0 Å². The maximum atomic E-state index is 12.1. The quantitative estimate of drug-likeness (QED) is 0.753. The predicted molar refractivity (Wildman–Crippen MR) is 89.0 cm³/mol. The first-order chi connectivity index (χ1) is 10.1. The highest BCUT2D eigenvalue weighted by atomic mass is 16.5. The normalized spacial score (nSPS) is 17.8. The van der Waals surface area contributed by atoms with Crippen LogP contribution in [0.2, 0.25) is 0 Å². The Morgan fingerprint density at radius 1 is 0.864 bits per heavy atom. The number of hydrogen-bond acceptors (Lipinski definition) is 4. The Bertz CT molecular complexity index is 337. The number of carbonyl (C=O) groups is 1. The van der Waals surface area contributed by atoms with Gasteiger partial charge >= 0.3 is 0 Å². The molecule has 1 aliphatic rings. The van der Waals surface area contributed by atoms with E-state index < -0.39 is 0 Å². The van der Waals surface area contributed by atoms with Gasteiger partial charge in [-0.1, -0.05) is 0 Å². The van der Waals surface area contributed by atoms with Gasteiger partial charge in [0.05, 0.1) is 30.8 Å². The average Bonchev–Trinajstić information content (AvgIpc) is 2.36. The molecular weight excluding hydrogens is 280 g/mol. The monoisotopic (exact) mass is 314 g/mol. The van der Waals surface area contributed by atoms with Crippen molar-refractivity contribution in [1.82, 2.24) is 9.80 Å². The van der Waals surface area contributed by atoms with Gasteiger partial charge in [0, 0.05) is 32.7 Å². The summed E-state index contributed by atoms with van der Waals surface area (Å²) < 4.78 is 11.4. The zero-order valence-electron chi connectivity index (χ0n) is 15.3. The van der Waals surface area contributed by atoms with Crippen LogP contribution < -0.4 is 0 Å². The molecule has 0 radical (unpaired) electrons. The van der Waals surface area contributed by atoms with Crippen molar-refractivity contribution in [3.63, 3.8) is 0 Å². The highest BCUT2D eigenvalue weighted by Gasteiger charge is 2.21. The molecule has 0 aromatic carbocycles. The Hall–Kier alpha value is -0.650. The van der Waals surface area contributed by atoms with Gasteiger partial charge < -0.3 is 14.4 Å². The minimum atomic E-state index is -0.175. The third-order valence-corrected chi connectivity index (χ3v) is 3.52. The fourth-order valence-electron chi connectivity index (χ4n) is 2.30. The molecule has 130 valence electrons. The van der Waals surface area contributed by atoms with E-state index in [-0.39, 0.29) is 17.1 Å². The lowest BCUT2D eigenvalue weighted by Crippen LogP contribution is -2.49. The first kappa shape index (κ1) is 19.4. The van der Waals surface area contributed by atoms with Crippen LogP contribution >= 0.6 is 0 Å². The van der Waals surface area contributed by atoms with Crippen LogP contribution in [0.25, 0.3) is 0 Å². The van der Waals surface area contributed by atoms with Crippen LogP contribution in [0.3, 0.4) is 0 Å². The largest absolute Gasteiger partial charge is 0.375 e. The Morgan fingerprint density at radius 2 is 1.36 bits per heavy atom. The van der Waals surface area contributed by atoms with Gasteiger partial charge in [0.2, 0.25) is 5.91 Å². The molecule has 0 aromatic heterocycles. The average molecular weight is 314 g/mol. The van der Waals surface area contributed by atoms with E-state index in [9.17, 15) is 4.79 Å². The lowest BCUT2D eigenvalue weighted by molar-refractivity contribution is -0.135. The van der Waals surface area contributed by atoms with Crippen molar-refractivity contribution in [3.8, 4) is 0 Å².